The SMILES string of the molecule is C=O.O=C=O.O=C=O. The van der Waals surface area contributed by atoms with Gasteiger partial charge in [-0.2, -0.15) is 19.2 Å². The van der Waals surface area contributed by atoms with Crippen molar-refractivity contribution in [3.63, 3.8) is 0 Å². The topological polar surface area (TPSA) is 85.3 Å². The molecule has 0 rings (SSSR count). The van der Waals surface area contributed by atoms with Gasteiger partial charge >= 0.3 is 12.3 Å². The molecule has 5 heteroatoms. The molecule has 0 saturated carbocycles. The molecule has 0 N–H and O–H groups in total. The highest BCUT2D eigenvalue weighted by Crippen LogP contribution is 0.790. The van der Waals surface area contributed by atoms with Gasteiger partial charge in [-0.25, -0.2) is 0 Å². The molecule has 0 amide bonds. The minimum atomic E-state index is 0.250. The lowest BCUT2D eigenvalue weighted by atomic mass is 11.8. The Balaban J connectivity index is -0.0000000483. The molecule has 0 aromatic heterocycles. The number of hydrogen-bond donors (Lipinski definition) is 0. The molecule has 0 unspecified atom stereocenters. The van der Waals surface area contributed by atoms with Crippen LogP contribution in [0.4, 0.5) is 0 Å². The fourth-order valence-electron chi connectivity index (χ4n) is 0. The van der Waals surface area contributed by atoms with Gasteiger partial charge in [0.25, 0.3) is 0 Å². The van der Waals surface area contributed by atoms with E-state index < -0.39 is 0 Å². The lowest BCUT2D eigenvalue weighted by Crippen LogP contribution is -1.22. The molecule has 0 aliphatic rings. The Morgan fingerprint density at radius 2 is 0.750 bits per heavy atom. The lowest BCUT2D eigenvalue weighted by molar-refractivity contribution is -0.193. The first kappa shape index (κ1) is 16.1. The Hall–Kier alpha value is -1.57. The van der Waals surface area contributed by atoms with Crippen molar-refractivity contribution in [2.75, 3.05) is 0 Å². The monoisotopic (exact) mass is 118 g/mol. The molecule has 0 fully saturated rings. The van der Waals surface area contributed by atoms with Gasteiger partial charge in [-0.3, -0.25) is 0 Å². The summed E-state index contributed by atoms with van der Waals surface area (Å²) in [5, 5.41) is 0. The zero-order chi connectivity index (χ0) is 7.41. The van der Waals surface area contributed by atoms with Crippen LogP contribution in [0.3, 0.4) is 0 Å². The van der Waals surface area contributed by atoms with Crippen LogP contribution in [0.25, 0.3) is 0 Å². The fraction of sp³-hybridized carbons (Fsp3) is 0. The molecule has 44 valence electrons. The largest absolute Gasteiger partial charge is 0.373 e. The van der Waals surface area contributed by atoms with E-state index in [-0.39, 0.29) is 12.3 Å². The third-order valence-electron chi connectivity index (χ3n) is 0. The maximum atomic E-state index is 8.12. The Kier molecular flexibility index (Phi) is 1160. The average Bonchev–Trinajstić information content (AvgIpc) is 1.75. The van der Waals surface area contributed by atoms with Crippen molar-refractivity contribution in [2.45, 2.75) is 0 Å². The van der Waals surface area contributed by atoms with Crippen molar-refractivity contribution in [1.29, 1.82) is 0 Å². The molecule has 0 aliphatic heterocycles. The minimum absolute atomic E-state index is 0.250. The summed E-state index contributed by atoms with van der Waals surface area (Å²) in [5.41, 5.74) is 0. The van der Waals surface area contributed by atoms with Crippen molar-refractivity contribution < 1.29 is 24.0 Å². The van der Waals surface area contributed by atoms with Crippen LogP contribution in [-0.2, 0) is 24.0 Å². The molecule has 8 heavy (non-hydrogen) atoms. The third kappa shape index (κ3) is 21.1. The van der Waals surface area contributed by atoms with Crippen LogP contribution >= 0.6 is 0 Å². The van der Waals surface area contributed by atoms with E-state index in [1.807, 2.05) is 6.79 Å². The molecule has 0 radical (unpaired) electrons. The smallest absolute Gasteiger partial charge is 0.307 e. The molecule has 0 aromatic rings. The first-order chi connectivity index (χ1) is 3.83. The van der Waals surface area contributed by atoms with Crippen LogP contribution in [0.15, 0.2) is 0 Å². The van der Waals surface area contributed by atoms with Crippen molar-refractivity contribution in [3.8, 4) is 0 Å². The Labute approximate surface area is 44.3 Å². The van der Waals surface area contributed by atoms with Gasteiger partial charge in [0.15, 0.2) is 0 Å². The Bertz CT molecular complexity index is 71.8. The zero-order valence-electron chi connectivity index (χ0n) is 3.75. The summed E-state index contributed by atoms with van der Waals surface area (Å²) < 4.78 is 0. The van der Waals surface area contributed by atoms with Gasteiger partial charge in [0, 0.05) is 0 Å². The van der Waals surface area contributed by atoms with E-state index in [2.05, 4.69) is 0 Å². The number of rotatable bonds is 0. The molecule has 0 spiro atoms. The highest BCUT2D eigenvalue weighted by atomic mass is 16.2. The highest BCUT2D eigenvalue weighted by molar-refractivity contribution is 5.20. The van der Waals surface area contributed by atoms with Gasteiger partial charge < -0.3 is 4.79 Å². The summed E-state index contributed by atoms with van der Waals surface area (Å²) in [4.78, 5) is 40.5. The second kappa shape index (κ2) is 576. The maximum absolute atomic E-state index is 8.12. The molecular formula is C3H2O5. The van der Waals surface area contributed by atoms with E-state index in [0.717, 1.165) is 0 Å². The van der Waals surface area contributed by atoms with Gasteiger partial charge in [0.1, 0.15) is 6.79 Å². The van der Waals surface area contributed by atoms with Gasteiger partial charge in [-0.15, -0.1) is 0 Å². The molecular weight excluding hydrogens is 116 g/mol. The Morgan fingerprint density at radius 1 is 0.750 bits per heavy atom. The Morgan fingerprint density at radius 3 is 0.750 bits per heavy atom. The number of carbonyl (C=O) groups excluding carboxylic acids is 5. The first-order valence-corrected chi connectivity index (χ1v) is 1.11. The summed E-state index contributed by atoms with van der Waals surface area (Å²) in [6, 6.07) is 0. The van der Waals surface area contributed by atoms with Gasteiger partial charge in [0.2, 0.25) is 0 Å². The molecule has 0 saturated heterocycles. The third-order valence-corrected chi connectivity index (χ3v) is 0. The summed E-state index contributed by atoms with van der Waals surface area (Å²) in [7, 11) is 0. The number of hydrogen-bond acceptors (Lipinski definition) is 5. The normalized spacial score (nSPS) is 2.50. The predicted octanol–water partition coefficient (Wildman–Crippen LogP) is -1.35. The van der Waals surface area contributed by atoms with E-state index in [1.165, 1.54) is 0 Å². The minimum Gasteiger partial charge on any atom is -0.307 e. The van der Waals surface area contributed by atoms with Crippen molar-refractivity contribution in [2.24, 2.45) is 0 Å². The van der Waals surface area contributed by atoms with Gasteiger partial charge in [0.05, 0.1) is 0 Å². The molecule has 0 heterocycles. The number of carbonyl (C=O) groups is 1. The molecule has 0 aliphatic carbocycles. The van der Waals surface area contributed by atoms with Crippen LogP contribution < -0.4 is 0 Å². The molecule has 0 aromatic carbocycles. The zero-order valence-corrected chi connectivity index (χ0v) is 3.75. The van der Waals surface area contributed by atoms with Crippen LogP contribution in [0.2, 0.25) is 0 Å². The summed E-state index contributed by atoms with van der Waals surface area (Å²) in [6.45, 7) is 2.00. The fourth-order valence-corrected chi connectivity index (χ4v) is 0. The quantitative estimate of drug-likeness (QED) is 0.392. The van der Waals surface area contributed by atoms with Crippen molar-refractivity contribution >= 4 is 19.1 Å². The summed E-state index contributed by atoms with van der Waals surface area (Å²) >= 11 is 0. The maximum Gasteiger partial charge on any atom is 0.373 e. The van der Waals surface area contributed by atoms with E-state index >= 15 is 0 Å². The lowest BCUT2D eigenvalue weighted by Gasteiger charge is -0.945. The summed E-state index contributed by atoms with van der Waals surface area (Å²) in [5.74, 6) is 0. The van der Waals surface area contributed by atoms with E-state index in [4.69, 9.17) is 24.0 Å². The average molecular weight is 118 g/mol. The van der Waals surface area contributed by atoms with Crippen LogP contribution in [-0.4, -0.2) is 19.1 Å². The van der Waals surface area contributed by atoms with Gasteiger partial charge in [-0.05, 0) is 0 Å². The second-order valence-corrected chi connectivity index (χ2v) is 0.167. The molecule has 5 nitrogen and oxygen atoms in total. The highest BCUT2D eigenvalue weighted by Gasteiger charge is 1.13. The summed E-state index contributed by atoms with van der Waals surface area (Å²) in [6.07, 6.45) is 0.500. The first-order valence-electron chi connectivity index (χ1n) is 1.11. The van der Waals surface area contributed by atoms with Gasteiger partial charge in [-0.1, -0.05) is 0 Å². The standard InChI is InChI=1S/2CO2.CH2O/c2*2-1-3;1-2/h;;1H2. The van der Waals surface area contributed by atoms with Crippen LogP contribution in [0, 0.1) is 0 Å². The van der Waals surface area contributed by atoms with E-state index in [1.54, 1.807) is 0 Å². The van der Waals surface area contributed by atoms with E-state index in [0.29, 0.717) is 0 Å². The van der Waals surface area contributed by atoms with E-state index in [9.17, 15) is 0 Å². The van der Waals surface area contributed by atoms with Crippen LogP contribution in [0.5, 0.6) is 0 Å². The van der Waals surface area contributed by atoms with Crippen molar-refractivity contribution in [1.82, 2.24) is 0 Å². The predicted molar refractivity (Wildman–Crippen MR) is 17.1 cm³/mol. The van der Waals surface area contributed by atoms with Crippen molar-refractivity contribution in [3.05, 3.63) is 0 Å². The molecule has 0 bridgehead atoms. The molecule has 0 atom stereocenters. The van der Waals surface area contributed by atoms with Crippen LogP contribution in [0.1, 0.15) is 0 Å². The second-order valence-electron chi connectivity index (χ2n) is 0.167.